The smallest absolute Gasteiger partial charge is 0.223 e. The van der Waals surface area contributed by atoms with Crippen LogP contribution in [0.1, 0.15) is 47.0 Å². The molecule has 0 bridgehead atoms. The zero-order valence-electron chi connectivity index (χ0n) is 11.5. The minimum Gasteiger partial charge on any atom is -0.353 e. The van der Waals surface area contributed by atoms with E-state index in [-0.39, 0.29) is 24.2 Å². The van der Waals surface area contributed by atoms with Crippen LogP contribution in [0.4, 0.5) is 0 Å². The lowest BCUT2D eigenvalue weighted by Gasteiger charge is -2.28. The van der Waals surface area contributed by atoms with Crippen molar-refractivity contribution in [3.8, 4) is 0 Å². The van der Waals surface area contributed by atoms with Crippen LogP contribution in [0, 0.1) is 11.8 Å². The van der Waals surface area contributed by atoms with Crippen molar-refractivity contribution in [2.24, 2.45) is 11.8 Å². The summed E-state index contributed by atoms with van der Waals surface area (Å²) >= 11 is 0. The first-order chi connectivity index (χ1) is 7.49. The van der Waals surface area contributed by atoms with Gasteiger partial charge in [0.1, 0.15) is 0 Å². The second-order valence-corrected chi connectivity index (χ2v) is 5.62. The molecule has 0 aromatic heterocycles. The van der Waals surface area contributed by atoms with Crippen molar-refractivity contribution in [1.82, 2.24) is 10.6 Å². The average molecular weight is 263 g/mol. The standard InChI is InChI=1S/C13H26N2O.ClH/c1-9(2)7-11(4)15-13(16)12-5-6-14-10(3)8-12;/h9-12,14H,5-8H2,1-4H3,(H,15,16);1H/t10-,11?,12-;/m0./s1. The van der Waals surface area contributed by atoms with E-state index in [0.29, 0.717) is 18.0 Å². The van der Waals surface area contributed by atoms with Gasteiger partial charge >= 0.3 is 0 Å². The van der Waals surface area contributed by atoms with E-state index in [4.69, 9.17) is 0 Å². The number of halogens is 1. The van der Waals surface area contributed by atoms with E-state index in [1.807, 2.05) is 0 Å². The Balaban J connectivity index is 0.00000256. The van der Waals surface area contributed by atoms with Gasteiger partial charge in [0.2, 0.25) is 5.91 Å². The number of hydrogen-bond acceptors (Lipinski definition) is 2. The maximum Gasteiger partial charge on any atom is 0.223 e. The summed E-state index contributed by atoms with van der Waals surface area (Å²) in [5.41, 5.74) is 0. The molecule has 0 aromatic carbocycles. The Hall–Kier alpha value is -0.280. The van der Waals surface area contributed by atoms with Crippen molar-refractivity contribution in [3.05, 3.63) is 0 Å². The maximum atomic E-state index is 12.0. The van der Waals surface area contributed by atoms with Gasteiger partial charge in [-0.3, -0.25) is 4.79 Å². The van der Waals surface area contributed by atoms with Gasteiger partial charge in [-0.25, -0.2) is 0 Å². The zero-order valence-corrected chi connectivity index (χ0v) is 12.3. The Kier molecular flexibility index (Phi) is 7.80. The Morgan fingerprint density at radius 3 is 2.59 bits per heavy atom. The van der Waals surface area contributed by atoms with Gasteiger partial charge in [-0.2, -0.15) is 0 Å². The van der Waals surface area contributed by atoms with Crippen LogP contribution in [-0.2, 0) is 4.79 Å². The Morgan fingerprint density at radius 1 is 1.41 bits per heavy atom. The van der Waals surface area contributed by atoms with Crippen LogP contribution in [0.2, 0.25) is 0 Å². The molecule has 1 rings (SSSR count). The van der Waals surface area contributed by atoms with Gasteiger partial charge in [0, 0.05) is 18.0 Å². The van der Waals surface area contributed by atoms with Crippen LogP contribution in [0.5, 0.6) is 0 Å². The molecule has 0 aliphatic carbocycles. The average Bonchev–Trinajstić information content (AvgIpc) is 2.16. The molecule has 1 amide bonds. The topological polar surface area (TPSA) is 41.1 Å². The van der Waals surface area contributed by atoms with Gasteiger partial charge in [0.05, 0.1) is 0 Å². The molecule has 1 unspecified atom stereocenters. The predicted molar refractivity (Wildman–Crippen MR) is 74.5 cm³/mol. The minimum absolute atomic E-state index is 0. The third-order valence-corrected chi connectivity index (χ3v) is 3.21. The molecule has 3 nitrogen and oxygen atoms in total. The highest BCUT2D eigenvalue weighted by Crippen LogP contribution is 2.16. The Bertz CT molecular complexity index is 233. The highest BCUT2D eigenvalue weighted by molar-refractivity contribution is 5.85. The summed E-state index contributed by atoms with van der Waals surface area (Å²) in [5, 5.41) is 6.51. The van der Waals surface area contributed by atoms with Crippen LogP contribution in [-0.4, -0.2) is 24.5 Å². The first-order valence-electron chi connectivity index (χ1n) is 6.52. The van der Waals surface area contributed by atoms with Crippen molar-refractivity contribution in [3.63, 3.8) is 0 Å². The predicted octanol–water partition coefficient (Wildman–Crippen LogP) is 2.35. The van der Waals surface area contributed by atoms with Crippen LogP contribution >= 0.6 is 12.4 Å². The van der Waals surface area contributed by atoms with Gasteiger partial charge in [0.15, 0.2) is 0 Å². The third-order valence-electron chi connectivity index (χ3n) is 3.21. The zero-order chi connectivity index (χ0) is 12.1. The number of hydrogen-bond donors (Lipinski definition) is 2. The molecule has 0 spiro atoms. The summed E-state index contributed by atoms with van der Waals surface area (Å²) in [6.07, 6.45) is 3.01. The van der Waals surface area contributed by atoms with E-state index in [1.54, 1.807) is 0 Å². The molecule has 1 aliphatic rings. The molecule has 0 saturated carbocycles. The molecule has 17 heavy (non-hydrogen) atoms. The van der Waals surface area contributed by atoms with E-state index in [9.17, 15) is 4.79 Å². The molecular formula is C13H27ClN2O. The fraction of sp³-hybridized carbons (Fsp3) is 0.923. The first-order valence-corrected chi connectivity index (χ1v) is 6.52. The molecule has 1 saturated heterocycles. The number of carbonyl (C=O) groups is 1. The van der Waals surface area contributed by atoms with Crippen LogP contribution < -0.4 is 10.6 Å². The van der Waals surface area contributed by atoms with Crippen LogP contribution in [0.3, 0.4) is 0 Å². The number of nitrogens with one attached hydrogen (secondary N) is 2. The van der Waals surface area contributed by atoms with Crippen molar-refractivity contribution in [2.45, 2.75) is 59.0 Å². The fourth-order valence-corrected chi connectivity index (χ4v) is 2.50. The fourth-order valence-electron chi connectivity index (χ4n) is 2.50. The third kappa shape index (κ3) is 6.27. The molecular weight excluding hydrogens is 236 g/mol. The molecule has 0 aromatic rings. The molecule has 1 heterocycles. The molecule has 3 atom stereocenters. The van der Waals surface area contributed by atoms with Gasteiger partial charge in [0.25, 0.3) is 0 Å². The summed E-state index contributed by atoms with van der Waals surface area (Å²) in [7, 11) is 0. The lowest BCUT2D eigenvalue weighted by Crippen LogP contribution is -2.44. The summed E-state index contributed by atoms with van der Waals surface area (Å²) in [4.78, 5) is 12.0. The van der Waals surface area contributed by atoms with Crippen LogP contribution in [0.15, 0.2) is 0 Å². The van der Waals surface area contributed by atoms with Crippen molar-refractivity contribution < 1.29 is 4.79 Å². The summed E-state index contributed by atoms with van der Waals surface area (Å²) < 4.78 is 0. The molecule has 1 fully saturated rings. The maximum absolute atomic E-state index is 12.0. The monoisotopic (exact) mass is 262 g/mol. The SMILES string of the molecule is CC(C)CC(C)NC(=O)[C@H]1CCN[C@@H](C)C1.Cl. The van der Waals surface area contributed by atoms with E-state index in [0.717, 1.165) is 25.8 Å². The van der Waals surface area contributed by atoms with E-state index < -0.39 is 0 Å². The lowest BCUT2D eigenvalue weighted by molar-refractivity contribution is -0.126. The van der Waals surface area contributed by atoms with Crippen molar-refractivity contribution in [1.29, 1.82) is 0 Å². The molecule has 102 valence electrons. The summed E-state index contributed by atoms with van der Waals surface area (Å²) in [5.74, 6) is 1.11. The van der Waals surface area contributed by atoms with E-state index in [1.165, 1.54) is 0 Å². The van der Waals surface area contributed by atoms with Crippen molar-refractivity contribution >= 4 is 18.3 Å². The van der Waals surface area contributed by atoms with E-state index in [2.05, 4.69) is 38.3 Å². The highest BCUT2D eigenvalue weighted by Gasteiger charge is 2.25. The largest absolute Gasteiger partial charge is 0.353 e. The summed E-state index contributed by atoms with van der Waals surface area (Å²) in [6, 6.07) is 0.780. The Labute approximate surface area is 112 Å². The van der Waals surface area contributed by atoms with Gasteiger partial charge < -0.3 is 10.6 Å². The molecule has 0 radical (unpaired) electrons. The molecule has 1 aliphatic heterocycles. The van der Waals surface area contributed by atoms with Gasteiger partial charge in [-0.05, 0) is 45.6 Å². The first kappa shape index (κ1) is 16.7. The number of amides is 1. The normalized spacial score (nSPS) is 26.2. The Morgan fingerprint density at radius 2 is 2.06 bits per heavy atom. The highest BCUT2D eigenvalue weighted by atomic mass is 35.5. The molecule has 2 N–H and O–H groups in total. The quantitative estimate of drug-likeness (QED) is 0.817. The number of rotatable bonds is 4. The van der Waals surface area contributed by atoms with Gasteiger partial charge in [-0.1, -0.05) is 13.8 Å². The molecule has 4 heteroatoms. The second-order valence-electron chi connectivity index (χ2n) is 5.62. The lowest BCUT2D eigenvalue weighted by atomic mass is 9.92. The summed E-state index contributed by atoms with van der Waals surface area (Å²) in [6.45, 7) is 9.60. The minimum atomic E-state index is 0. The van der Waals surface area contributed by atoms with Crippen LogP contribution in [0.25, 0.3) is 0 Å². The van der Waals surface area contributed by atoms with Crippen molar-refractivity contribution in [2.75, 3.05) is 6.54 Å². The second kappa shape index (κ2) is 7.93. The van der Waals surface area contributed by atoms with E-state index >= 15 is 0 Å². The number of carbonyl (C=O) groups excluding carboxylic acids is 1. The van der Waals surface area contributed by atoms with Gasteiger partial charge in [-0.15, -0.1) is 12.4 Å². The number of piperidine rings is 1.